The Bertz CT molecular complexity index is 602. The van der Waals surface area contributed by atoms with Crippen molar-refractivity contribution in [1.82, 2.24) is 4.98 Å². The first-order valence-electron chi connectivity index (χ1n) is 6.11. The van der Waals surface area contributed by atoms with Gasteiger partial charge in [0.2, 0.25) is 0 Å². The maximum Gasteiger partial charge on any atom is 0.305 e. The van der Waals surface area contributed by atoms with Crippen LogP contribution in [-0.4, -0.2) is 56.5 Å². The lowest BCUT2D eigenvalue weighted by Gasteiger charge is -2.36. The number of hydrogen-bond donors (Lipinski definition) is 1. The molecule has 20 heavy (non-hydrogen) atoms. The predicted molar refractivity (Wildman–Crippen MR) is 71.6 cm³/mol. The third-order valence-corrected chi connectivity index (χ3v) is 4.18. The van der Waals surface area contributed by atoms with E-state index in [1.165, 1.54) is 12.3 Å². The predicted octanol–water partition coefficient (Wildman–Crippen LogP) is 0.165. The summed E-state index contributed by atoms with van der Waals surface area (Å²) in [6, 6.07) is 2.61. The van der Waals surface area contributed by atoms with Gasteiger partial charge in [0, 0.05) is 19.0 Å². The fourth-order valence-electron chi connectivity index (χ4n) is 2.19. The second kappa shape index (κ2) is 5.76. The summed E-state index contributed by atoms with van der Waals surface area (Å²) in [4.78, 5) is 16.8. The molecule has 2 heterocycles. The monoisotopic (exact) mass is 300 g/mol. The van der Waals surface area contributed by atoms with Crippen molar-refractivity contribution in [2.24, 2.45) is 0 Å². The van der Waals surface area contributed by atoms with Crippen LogP contribution in [0, 0.1) is 0 Å². The summed E-state index contributed by atoms with van der Waals surface area (Å²) >= 11 is 0. The van der Waals surface area contributed by atoms with Crippen molar-refractivity contribution >= 4 is 21.6 Å². The molecule has 0 amide bonds. The molecule has 8 heteroatoms. The molecule has 1 N–H and O–H groups in total. The van der Waals surface area contributed by atoms with E-state index in [0.717, 1.165) is 6.26 Å². The number of hydrogen-bond acceptors (Lipinski definition) is 6. The Morgan fingerprint density at radius 1 is 1.60 bits per heavy atom. The van der Waals surface area contributed by atoms with Crippen LogP contribution in [0.25, 0.3) is 0 Å². The maximum absolute atomic E-state index is 11.8. The second-order valence-electron chi connectivity index (χ2n) is 4.62. The summed E-state index contributed by atoms with van der Waals surface area (Å²) in [7, 11) is -3.43. The van der Waals surface area contributed by atoms with Crippen LogP contribution in [0.3, 0.4) is 0 Å². The zero-order valence-electron chi connectivity index (χ0n) is 11.0. The van der Waals surface area contributed by atoms with Gasteiger partial charge in [0.15, 0.2) is 9.84 Å². The van der Waals surface area contributed by atoms with Crippen molar-refractivity contribution < 1.29 is 23.1 Å². The highest BCUT2D eigenvalue weighted by atomic mass is 32.2. The van der Waals surface area contributed by atoms with Crippen LogP contribution in [-0.2, 0) is 19.4 Å². The number of carbonyl (C=O) groups is 1. The van der Waals surface area contributed by atoms with Gasteiger partial charge in [-0.1, -0.05) is 0 Å². The van der Waals surface area contributed by atoms with Gasteiger partial charge in [-0.25, -0.2) is 13.4 Å². The first-order valence-corrected chi connectivity index (χ1v) is 8.00. The Kier molecular flexibility index (Phi) is 4.24. The zero-order chi connectivity index (χ0) is 14.8. The van der Waals surface area contributed by atoms with Crippen molar-refractivity contribution in [2.45, 2.75) is 17.4 Å². The van der Waals surface area contributed by atoms with E-state index in [9.17, 15) is 13.2 Å². The van der Waals surface area contributed by atoms with Crippen LogP contribution >= 0.6 is 0 Å². The first-order chi connectivity index (χ1) is 9.39. The highest BCUT2D eigenvalue weighted by molar-refractivity contribution is 7.90. The van der Waals surface area contributed by atoms with Gasteiger partial charge < -0.3 is 14.7 Å². The minimum absolute atomic E-state index is 0.109. The van der Waals surface area contributed by atoms with Gasteiger partial charge in [-0.15, -0.1) is 0 Å². The van der Waals surface area contributed by atoms with Gasteiger partial charge in [0.25, 0.3) is 0 Å². The van der Waals surface area contributed by atoms with Crippen LogP contribution < -0.4 is 4.90 Å². The van der Waals surface area contributed by atoms with Crippen molar-refractivity contribution in [3.05, 3.63) is 18.3 Å². The average Bonchev–Trinajstić information content (AvgIpc) is 2.38. The highest BCUT2D eigenvalue weighted by Gasteiger charge is 2.29. The second-order valence-corrected chi connectivity index (χ2v) is 6.60. The normalized spacial score (nSPS) is 19.9. The van der Waals surface area contributed by atoms with E-state index in [0.29, 0.717) is 19.0 Å². The Morgan fingerprint density at radius 2 is 2.35 bits per heavy atom. The van der Waals surface area contributed by atoms with Crippen LogP contribution in [0.2, 0.25) is 0 Å². The van der Waals surface area contributed by atoms with Gasteiger partial charge >= 0.3 is 5.97 Å². The number of anilines is 1. The number of carboxylic acid groups (broad SMARTS) is 1. The number of morpholine rings is 1. The van der Waals surface area contributed by atoms with Gasteiger partial charge in [-0.05, 0) is 12.1 Å². The third kappa shape index (κ3) is 3.26. The topological polar surface area (TPSA) is 96.8 Å². The summed E-state index contributed by atoms with van der Waals surface area (Å²) in [5.41, 5.74) is 0. The number of sulfone groups is 1. The standard InChI is InChI=1S/C12H16N2O5S/c1-20(17,18)10-3-2-4-13-12(10)14-5-6-19-8-9(14)7-11(15)16/h2-4,9H,5-8H2,1H3,(H,15,16). The number of aromatic nitrogens is 1. The molecular weight excluding hydrogens is 284 g/mol. The minimum Gasteiger partial charge on any atom is -0.481 e. The molecule has 0 spiro atoms. The van der Waals surface area contributed by atoms with Crippen LogP contribution in [0.1, 0.15) is 6.42 Å². The van der Waals surface area contributed by atoms with Crippen molar-refractivity contribution in [3.63, 3.8) is 0 Å². The maximum atomic E-state index is 11.8. The summed E-state index contributed by atoms with van der Waals surface area (Å²) in [6.45, 7) is 1.07. The Hall–Kier alpha value is -1.67. The first kappa shape index (κ1) is 14.7. The van der Waals surface area contributed by atoms with E-state index >= 15 is 0 Å². The smallest absolute Gasteiger partial charge is 0.305 e. The van der Waals surface area contributed by atoms with Crippen LogP contribution in [0.4, 0.5) is 5.82 Å². The molecule has 1 unspecified atom stereocenters. The molecule has 1 saturated heterocycles. The van der Waals surface area contributed by atoms with Crippen molar-refractivity contribution in [1.29, 1.82) is 0 Å². The number of pyridine rings is 1. The lowest BCUT2D eigenvalue weighted by atomic mass is 10.1. The molecule has 0 radical (unpaired) electrons. The number of aliphatic carboxylic acids is 1. The molecule has 7 nitrogen and oxygen atoms in total. The van der Waals surface area contributed by atoms with Gasteiger partial charge in [-0.2, -0.15) is 0 Å². The lowest BCUT2D eigenvalue weighted by Crippen LogP contribution is -2.47. The fraction of sp³-hybridized carbons (Fsp3) is 0.500. The molecule has 1 atom stereocenters. The van der Waals surface area contributed by atoms with Crippen LogP contribution in [0.15, 0.2) is 23.2 Å². The van der Waals surface area contributed by atoms with Gasteiger partial charge in [0.1, 0.15) is 10.7 Å². The molecule has 2 rings (SSSR count). The van der Waals surface area contributed by atoms with Crippen molar-refractivity contribution in [3.8, 4) is 0 Å². The number of ether oxygens (including phenoxy) is 1. The molecule has 0 saturated carbocycles. The zero-order valence-corrected chi connectivity index (χ0v) is 11.8. The van der Waals surface area contributed by atoms with E-state index in [2.05, 4.69) is 4.98 Å². The summed E-state index contributed by atoms with van der Waals surface area (Å²) in [5.74, 6) is -0.660. The van der Waals surface area contributed by atoms with Gasteiger partial charge in [0.05, 0.1) is 25.7 Å². The van der Waals surface area contributed by atoms with E-state index in [4.69, 9.17) is 9.84 Å². The summed E-state index contributed by atoms with van der Waals surface area (Å²) in [5, 5.41) is 8.94. The number of rotatable bonds is 4. The lowest BCUT2D eigenvalue weighted by molar-refractivity contribution is -0.138. The summed E-state index contributed by atoms with van der Waals surface area (Å²) < 4.78 is 28.9. The van der Waals surface area contributed by atoms with Crippen molar-refractivity contribution in [2.75, 3.05) is 30.9 Å². The fourth-order valence-corrected chi connectivity index (χ4v) is 3.02. The molecule has 0 bridgehead atoms. The molecule has 1 aromatic rings. The highest BCUT2D eigenvalue weighted by Crippen LogP contribution is 2.26. The third-order valence-electron chi connectivity index (χ3n) is 3.06. The van der Waals surface area contributed by atoms with Crippen LogP contribution in [0.5, 0.6) is 0 Å². The summed E-state index contributed by atoms with van der Waals surface area (Å²) in [6.07, 6.45) is 2.48. The molecule has 1 aliphatic rings. The Morgan fingerprint density at radius 3 is 3.00 bits per heavy atom. The minimum atomic E-state index is -3.43. The molecule has 110 valence electrons. The average molecular weight is 300 g/mol. The number of nitrogens with zero attached hydrogens (tertiary/aromatic N) is 2. The SMILES string of the molecule is CS(=O)(=O)c1cccnc1N1CCOCC1CC(=O)O. The molecule has 1 aromatic heterocycles. The molecule has 1 fully saturated rings. The molecule has 0 aliphatic carbocycles. The van der Waals surface area contributed by atoms with E-state index in [1.807, 2.05) is 0 Å². The van der Waals surface area contributed by atoms with E-state index in [-0.39, 0.29) is 17.9 Å². The van der Waals surface area contributed by atoms with E-state index < -0.39 is 21.8 Å². The quantitative estimate of drug-likeness (QED) is 0.846. The van der Waals surface area contributed by atoms with Gasteiger partial charge in [-0.3, -0.25) is 4.79 Å². The molecular formula is C12H16N2O5S. The molecule has 1 aliphatic heterocycles. The van der Waals surface area contributed by atoms with E-state index in [1.54, 1.807) is 11.0 Å². The Balaban J connectivity index is 2.40. The Labute approximate surface area is 117 Å². The number of carboxylic acids is 1. The largest absolute Gasteiger partial charge is 0.481 e. The molecule has 0 aromatic carbocycles.